The third-order valence-corrected chi connectivity index (χ3v) is 4.70. The maximum Gasteiger partial charge on any atom is 0.230 e. The van der Waals surface area contributed by atoms with Crippen molar-refractivity contribution in [1.82, 2.24) is 5.32 Å². The van der Waals surface area contributed by atoms with Gasteiger partial charge in [0.15, 0.2) is 0 Å². The van der Waals surface area contributed by atoms with Gasteiger partial charge >= 0.3 is 0 Å². The molecule has 1 aromatic rings. The second-order valence-corrected chi connectivity index (χ2v) is 6.49. The maximum atomic E-state index is 11.9. The molecule has 0 aliphatic heterocycles. The molecule has 2 N–H and O–H groups in total. The van der Waals surface area contributed by atoms with E-state index in [1.165, 1.54) is 11.1 Å². The fourth-order valence-corrected chi connectivity index (χ4v) is 3.27. The Balaban J connectivity index is 1.68. The van der Waals surface area contributed by atoms with E-state index in [0.29, 0.717) is 5.75 Å². The van der Waals surface area contributed by atoms with Crippen LogP contribution in [0.5, 0.6) is 0 Å². The summed E-state index contributed by atoms with van der Waals surface area (Å²) in [6.07, 6.45) is 3.50. The third kappa shape index (κ3) is 4.84. The number of thioether (sulfide) groups is 1. The zero-order valence-corrected chi connectivity index (χ0v) is 12.8. The lowest BCUT2D eigenvalue weighted by Crippen LogP contribution is -2.45. The lowest BCUT2D eigenvalue weighted by atomic mass is 9.93. The van der Waals surface area contributed by atoms with Crippen LogP contribution < -0.4 is 5.32 Å². The van der Waals surface area contributed by atoms with Gasteiger partial charge in [0.05, 0.1) is 17.9 Å². The predicted octanol–water partition coefficient (Wildman–Crippen LogP) is 2.65. The van der Waals surface area contributed by atoms with Crippen LogP contribution in [0.1, 0.15) is 36.8 Å². The lowest BCUT2D eigenvalue weighted by molar-refractivity contribution is -0.120. The molecule has 0 saturated heterocycles. The lowest BCUT2D eigenvalue weighted by Gasteiger charge is -2.28. The first-order valence-corrected chi connectivity index (χ1v) is 8.41. The highest BCUT2D eigenvalue weighted by atomic mass is 32.2. The summed E-state index contributed by atoms with van der Waals surface area (Å²) in [5.74, 6) is 1.34. The SMILES string of the molecule is Cc1ccc(CSCC(=O)N[C@H]2CCCC[C@@H]2O)cc1. The number of aliphatic hydroxyl groups is 1. The van der Waals surface area contributed by atoms with Crippen LogP contribution in [0.25, 0.3) is 0 Å². The van der Waals surface area contributed by atoms with Gasteiger partial charge in [0.25, 0.3) is 0 Å². The minimum absolute atomic E-state index is 0.0352. The predicted molar refractivity (Wildman–Crippen MR) is 83.7 cm³/mol. The standard InChI is InChI=1S/C16H23NO2S/c1-12-6-8-13(9-7-12)10-20-11-16(19)17-14-4-2-3-5-15(14)18/h6-9,14-15,18H,2-5,10-11H2,1H3,(H,17,19)/t14-,15-/m0/s1. The van der Waals surface area contributed by atoms with Gasteiger partial charge in [-0.05, 0) is 25.3 Å². The van der Waals surface area contributed by atoms with E-state index in [1.807, 2.05) is 0 Å². The second-order valence-electron chi connectivity index (χ2n) is 5.50. The minimum atomic E-state index is -0.366. The van der Waals surface area contributed by atoms with Gasteiger partial charge in [-0.15, -0.1) is 11.8 Å². The van der Waals surface area contributed by atoms with E-state index < -0.39 is 0 Å². The zero-order valence-electron chi connectivity index (χ0n) is 12.0. The van der Waals surface area contributed by atoms with E-state index in [-0.39, 0.29) is 18.1 Å². The monoisotopic (exact) mass is 293 g/mol. The van der Waals surface area contributed by atoms with Crippen LogP contribution in [0.15, 0.2) is 24.3 Å². The van der Waals surface area contributed by atoms with Crippen LogP contribution in [0.3, 0.4) is 0 Å². The molecule has 0 bridgehead atoms. The van der Waals surface area contributed by atoms with E-state index in [0.717, 1.165) is 31.4 Å². The number of carbonyl (C=O) groups is 1. The highest BCUT2D eigenvalue weighted by Crippen LogP contribution is 2.19. The number of aliphatic hydroxyl groups excluding tert-OH is 1. The number of aryl methyl sites for hydroxylation is 1. The van der Waals surface area contributed by atoms with Crippen molar-refractivity contribution in [1.29, 1.82) is 0 Å². The Kier molecular flexibility index (Phi) is 5.92. The van der Waals surface area contributed by atoms with Gasteiger partial charge in [0, 0.05) is 5.75 Å². The Hall–Kier alpha value is -1.00. The first kappa shape index (κ1) is 15.4. The first-order valence-electron chi connectivity index (χ1n) is 7.26. The molecule has 0 aromatic heterocycles. The van der Waals surface area contributed by atoms with Crippen molar-refractivity contribution in [2.75, 3.05) is 5.75 Å². The quantitative estimate of drug-likeness (QED) is 0.877. The molecule has 0 heterocycles. The Morgan fingerprint density at radius 2 is 2.00 bits per heavy atom. The van der Waals surface area contributed by atoms with Crippen molar-refractivity contribution in [2.24, 2.45) is 0 Å². The Labute approximate surface area is 125 Å². The van der Waals surface area contributed by atoms with E-state index >= 15 is 0 Å². The molecule has 0 radical (unpaired) electrons. The van der Waals surface area contributed by atoms with Gasteiger partial charge in [-0.1, -0.05) is 42.7 Å². The van der Waals surface area contributed by atoms with Crippen LogP contribution in [0, 0.1) is 6.92 Å². The van der Waals surface area contributed by atoms with Crippen molar-refractivity contribution < 1.29 is 9.90 Å². The number of amides is 1. The van der Waals surface area contributed by atoms with Crippen LogP contribution in [-0.4, -0.2) is 28.9 Å². The molecule has 0 unspecified atom stereocenters. The molecule has 1 aliphatic rings. The van der Waals surface area contributed by atoms with Crippen molar-refractivity contribution in [3.05, 3.63) is 35.4 Å². The van der Waals surface area contributed by atoms with E-state index in [2.05, 4.69) is 36.5 Å². The van der Waals surface area contributed by atoms with Gasteiger partial charge in [-0.3, -0.25) is 4.79 Å². The molecule has 3 nitrogen and oxygen atoms in total. The molecule has 0 spiro atoms. The highest BCUT2D eigenvalue weighted by Gasteiger charge is 2.24. The summed E-state index contributed by atoms with van der Waals surface area (Å²) in [5.41, 5.74) is 2.49. The normalized spacial score (nSPS) is 22.5. The van der Waals surface area contributed by atoms with Gasteiger partial charge in [-0.25, -0.2) is 0 Å². The number of rotatable bonds is 5. The molecule has 1 amide bonds. The first-order chi connectivity index (χ1) is 9.65. The Bertz CT molecular complexity index is 433. The molecule has 1 aliphatic carbocycles. The smallest absolute Gasteiger partial charge is 0.230 e. The average molecular weight is 293 g/mol. The summed E-state index contributed by atoms with van der Waals surface area (Å²) in [7, 11) is 0. The summed E-state index contributed by atoms with van der Waals surface area (Å²) in [5, 5.41) is 12.8. The molecular weight excluding hydrogens is 270 g/mol. The Morgan fingerprint density at radius 3 is 2.70 bits per heavy atom. The topological polar surface area (TPSA) is 49.3 Å². The highest BCUT2D eigenvalue weighted by molar-refractivity contribution is 7.99. The summed E-state index contributed by atoms with van der Waals surface area (Å²) < 4.78 is 0. The van der Waals surface area contributed by atoms with Gasteiger partial charge in [0.1, 0.15) is 0 Å². The minimum Gasteiger partial charge on any atom is -0.391 e. The Morgan fingerprint density at radius 1 is 1.30 bits per heavy atom. The van der Waals surface area contributed by atoms with Crippen LogP contribution in [0.4, 0.5) is 0 Å². The number of hydrogen-bond donors (Lipinski definition) is 2. The number of nitrogens with one attached hydrogen (secondary N) is 1. The number of hydrogen-bond acceptors (Lipinski definition) is 3. The molecule has 1 fully saturated rings. The van der Waals surface area contributed by atoms with E-state index in [9.17, 15) is 9.90 Å². The third-order valence-electron chi connectivity index (χ3n) is 3.70. The molecule has 1 aromatic carbocycles. The van der Waals surface area contributed by atoms with Crippen molar-refractivity contribution in [2.45, 2.75) is 50.5 Å². The number of carbonyl (C=O) groups excluding carboxylic acids is 1. The fourth-order valence-electron chi connectivity index (χ4n) is 2.47. The van der Waals surface area contributed by atoms with Crippen molar-refractivity contribution in [3.63, 3.8) is 0 Å². The van der Waals surface area contributed by atoms with Crippen LogP contribution >= 0.6 is 11.8 Å². The average Bonchev–Trinajstić information content (AvgIpc) is 2.44. The summed E-state index contributed by atoms with van der Waals surface area (Å²) in [4.78, 5) is 11.9. The molecule has 20 heavy (non-hydrogen) atoms. The van der Waals surface area contributed by atoms with Crippen molar-refractivity contribution in [3.8, 4) is 0 Å². The molecule has 2 atom stereocenters. The van der Waals surface area contributed by atoms with E-state index in [4.69, 9.17) is 0 Å². The molecule has 110 valence electrons. The molecule has 1 saturated carbocycles. The van der Waals surface area contributed by atoms with Crippen LogP contribution in [-0.2, 0) is 10.5 Å². The van der Waals surface area contributed by atoms with Crippen LogP contribution in [0.2, 0.25) is 0 Å². The second kappa shape index (κ2) is 7.70. The molecule has 2 rings (SSSR count). The van der Waals surface area contributed by atoms with E-state index in [1.54, 1.807) is 11.8 Å². The van der Waals surface area contributed by atoms with Gasteiger partial charge < -0.3 is 10.4 Å². The summed E-state index contributed by atoms with van der Waals surface area (Å²) in [6.45, 7) is 2.07. The van der Waals surface area contributed by atoms with Gasteiger partial charge in [-0.2, -0.15) is 0 Å². The molecule has 4 heteroatoms. The van der Waals surface area contributed by atoms with Crippen molar-refractivity contribution >= 4 is 17.7 Å². The largest absolute Gasteiger partial charge is 0.391 e. The number of benzene rings is 1. The maximum absolute atomic E-state index is 11.9. The zero-order chi connectivity index (χ0) is 14.4. The van der Waals surface area contributed by atoms with Gasteiger partial charge in [0.2, 0.25) is 5.91 Å². The summed E-state index contributed by atoms with van der Waals surface area (Å²) in [6, 6.07) is 8.34. The summed E-state index contributed by atoms with van der Waals surface area (Å²) >= 11 is 1.62. The molecular formula is C16H23NO2S. The fraction of sp³-hybridized carbons (Fsp3) is 0.562.